The summed E-state index contributed by atoms with van der Waals surface area (Å²) < 4.78 is 10.5. The number of benzene rings is 1. The highest BCUT2D eigenvalue weighted by molar-refractivity contribution is 5.83. The molecule has 5 nitrogen and oxygen atoms in total. The van der Waals surface area contributed by atoms with Gasteiger partial charge in [0.2, 0.25) is 0 Å². The zero-order valence-corrected chi connectivity index (χ0v) is 11.2. The Morgan fingerprint density at radius 3 is 2.47 bits per heavy atom. The van der Waals surface area contributed by atoms with Crippen LogP contribution in [0.3, 0.4) is 0 Å². The molecule has 0 unspecified atom stereocenters. The fourth-order valence-corrected chi connectivity index (χ4v) is 2.64. The van der Waals surface area contributed by atoms with Crippen molar-refractivity contribution < 1.29 is 19.4 Å². The summed E-state index contributed by atoms with van der Waals surface area (Å²) in [5.74, 6) is 0.445. The molecule has 1 aromatic carbocycles. The van der Waals surface area contributed by atoms with E-state index in [2.05, 4.69) is 5.32 Å². The first-order valence-corrected chi connectivity index (χ1v) is 6.30. The van der Waals surface area contributed by atoms with E-state index in [1.807, 2.05) is 0 Å². The second kappa shape index (κ2) is 5.48. The van der Waals surface area contributed by atoms with Crippen LogP contribution in [-0.2, 0) is 10.2 Å². The Kier molecular flexibility index (Phi) is 3.95. The fourth-order valence-electron chi connectivity index (χ4n) is 2.64. The minimum atomic E-state index is -0.898. The van der Waals surface area contributed by atoms with Crippen LogP contribution in [-0.4, -0.2) is 38.4 Å². The van der Waals surface area contributed by atoms with E-state index >= 15 is 0 Å². The maximum atomic E-state index is 11.8. The van der Waals surface area contributed by atoms with Gasteiger partial charge in [0.05, 0.1) is 19.6 Å². The molecule has 2 N–H and O–H groups in total. The summed E-state index contributed by atoms with van der Waals surface area (Å²) in [6.45, 7) is 1.37. The van der Waals surface area contributed by atoms with Gasteiger partial charge in [0.1, 0.15) is 11.5 Å². The van der Waals surface area contributed by atoms with Crippen molar-refractivity contribution in [1.82, 2.24) is 5.32 Å². The van der Waals surface area contributed by atoms with Crippen molar-refractivity contribution in [2.75, 3.05) is 27.3 Å². The standard InChI is InChI=1S/C14H19NO4/c1-18-10-3-4-12(19-2)11(9-10)14(13(16)17)5-7-15-8-6-14/h3-4,9,15H,5-8H2,1-2H3,(H,16,17). The molecular weight excluding hydrogens is 246 g/mol. The summed E-state index contributed by atoms with van der Waals surface area (Å²) in [5.41, 5.74) is -0.200. The van der Waals surface area contributed by atoms with Gasteiger partial charge in [-0.25, -0.2) is 0 Å². The molecule has 0 radical (unpaired) electrons. The molecule has 0 spiro atoms. The van der Waals surface area contributed by atoms with Gasteiger partial charge in [-0.15, -0.1) is 0 Å². The highest BCUT2D eigenvalue weighted by Crippen LogP contribution is 2.40. The molecule has 1 aliphatic heterocycles. The van der Waals surface area contributed by atoms with E-state index in [-0.39, 0.29) is 0 Å². The zero-order valence-electron chi connectivity index (χ0n) is 11.2. The number of hydrogen-bond donors (Lipinski definition) is 2. The van der Waals surface area contributed by atoms with E-state index in [9.17, 15) is 9.90 Å². The number of carboxylic acids is 1. The predicted molar refractivity (Wildman–Crippen MR) is 71.0 cm³/mol. The Morgan fingerprint density at radius 1 is 1.26 bits per heavy atom. The number of ether oxygens (including phenoxy) is 2. The van der Waals surface area contributed by atoms with Crippen LogP contribution < -0.4 is 14.8 Å². The summed E-state index contributed by atoms with van der Waals surface area (Å²) in [6, 6.07) is 5.32. The number of carboxylic acid groups (broad SMARTS) is 1. The topological polar surface area (TPSA) is 67.8 Å². The lowest BCUT2D eigenvalue weighted by Crippen LogP contribution is -2.45. The van der Waals surface area contributed by atoms with Crippen molar-refractivity contribution in [3.8, 4) is 11.5 Å². The van der Waals surface area contributed by atoms with Crippen LogP contribution in [0, 0.1) is 0 Å². The van der Waals surface area contributed by atoms with Crippen molar-refractivity contribution in [3.63, 3.8) is 0 Å². The van der Waals surface area contributed by atoms with Crippen molar-refractivity contribution in [2.45, 2.75) is 18.3 Å². The van der Waals surface area contributed by atoms with Gasteiger partial charge in [0.25, 0.3) is 0 Å². The third-order valence-electron chi connectivity index (χ3n) is 3.79. The maximum Gasteiger partial charge on any atom is 0.314 e. The van der Waals surface area contributed by atoms with Crippen molar-refractivity contribution in [1.29, 1.82) is 0 Å². The lowest BCUT2D eigenvalue weighted by atomic mass is 9.72. The number of hydrogen-bond acceptors (Lipinski definition) is 4. The van der Waals surface area contributed by atoms with Crippen LogP contribution in [0.15, 0.2) is 18.2 Å². The average Bonchev–Trinajstić information content (AvgIpc) is 2.47. The smallest absolute Gasteiger partial charge is 0.314 e. The van der Waals surface area contributed by atoms with Gasteiger partial charge >= 0.3 is 5.97 Å². The molecule has 1 saturated heterocycles. The minimum absolute atomic E-state index is 0.547. The number of piperidine rings is 1. The molecule has 1 aromatic rings. The summed E-state index contributed by atoms with van der Waals surface area (Å²) in [5, 5.41) is 12.9. The summed E-state index contributed by atoms with van der Waals surface area (Å²) in [6.07, 6.45) is 1.09. The van der Waals surface area contributed by atoms with Crippen molar-refractivity contribution in [3.05, 3.63) is 23.8 Å². The molecule has 0 aliphatic carbocycles. The predicted octanol–water partition coefficient (Wildman–Crippen LogP) is 1.41. The zero-order chi connectivity index (χ0) is 13.9. The molecule has 2 rings (SSSR count). The Labute approximate surface area is 112 Å². The van der Waals surface area contributed by atoms with Crippen LogP contribution in [0.2, 0.25) is 0 Å². The fraction of sp³-hybridized carbons (Fsp3) is 0.500. The van der Waals surface area contributed by atoms with Crippen molar-refractivity contribution >= 4 is 5.97 Å². The lowest BCUT2D eigenvalue weighted by molar-refractivity contribution is -0.145. The van der Waals surface area contributed by atoms with Gasteiger partial charge in [0.15, 0.2) is 0 Å². The molecule has 5 heteroatoms. The molecular formula is C14H19NO4. The molecule has 1 aliphatic rings. The Balaban J connectivity index is 2.54. The van der Waals surface area contributed by atoms with E-state index in [4.69, 9.17) is 9.47 Å². The second-order valence-corrected chi connectivity index (χ2v) is 4.70. The third-order valence-corrected chi connectivity index (χ3v) is 3.79. The Morgan fingerprint density at radius 2 is 1.95 bits per heavy atom. The van der Waals surface area contributed by atoms with E-state index in [0.29, 0.717) is 43.0 Å². The molecule has 1 fully saturated rings. The van der Waals surface area contributed by atoms with Gasteiger partial charge < -0.3 is 19.9 Å². The maximum absolute atomic E-state index is 11.8. The normalized spacial score (nSPS) is 17.8. The van der Waals surface area contributed by atoms with Crippen LogP contribution >= 0.6 is 0 Å². The highest BCUT2D eigenvalue weighted by atomic mass is 16.5. The van der Waals surface area contributed by atoms with Crippen LogP contribution in [0.25, 0.3) is 0 Å². The number of rotatable bonds is 4. The summed E-state index contributed by atoms with van der Waals surface area (Å²) >= 11 is 0. The Bertz CT molecular complexity index is 467. The molecule has 104 valence electrons. The van der Waals surface area contributed by atoms with Gasteiger partial charge in [-0.3, -0.25) is 4.79 Å². The third kappa shape index (κ3) is 2.38. The Hall–Kier alpha value is -1.75. The van der Waals surface area contributed by atoms with E-state index < -0.39 is 11.4 Å². The van der Waals surface area contributed by atoms with Crippen molar-refractivity contribution in [2.24, 2.45) is 0 Å². The molecule has 0 bridgehead atoms. The largest absolute Gasteiger partial charge is 0.497 e. The number of nitrogens with one attached hydrogen (secondary N) is 1. The minimum Gasteiger partial charge on any atom is -0.497 e. The first-order valence-electron chi connectivity index (χ1n) is 6.30. The van der Waals surface area contributed by atoms with E-state index in [0.717, 1.165) is 0 Å². The van der Waals surface area contributed by atoms with E-state index in [1.54, 1.807) is 32.4 Å². The number of aliphatic carboxylic acids is 1. The molecule has 0 saturated carbocycles. The van der Waals surface area contributed by atoms with E-state index in [1.165, 1.54) is 0 Å². The van der Waals surface area contributed by atoms with Gasteiger partial charge in [-0.2, -0.15) is 0 Å². The molecule has 0 amide bonds. The van der Waals surface area contributed by atoms with Gasteiger partial charge in [-0.05, 0) is 44.1 Å². The molecule has 0 aromatic heterocycles. The quantitative estimate of drug-likeness (QED) is 0.861. The van der Waals surface area contributed by atoms with Gasteiger partial charge in [-0.1, -0.05) is 0 Å². The van der Waals surface area contributed by atoms with Crippen LogP contribution in [0.4, 0.5) is 0 Å². The molecule has 0 atom stereocenters. The van der Waals surface area contributed by atoms with Gasteiger partial charge in [0, 0.05) is 5.56 Å². The van der Waals surface area contributed by atoms with Crippen LogP contribution in [0.5, 0.6) is 11.5 Å². The van der Waals surface area contributed by atoms with Crippen LogP contribution in [0.1, 0.15) is 18.4 Å². The molecule has 19 heavy (non-hydrogen) atoms. The summed E-state index contributed by atoms with van der Waals surface area (Å²) in [4.78, 5) is 11.8. The lowest BCUT2D eigenvalue weighted by Gasteiger charge is -2.35. The number of methoxy groups -OCH3 is 2. The second-order valence-electron chi connectivity index (χ2n) is 4.70. The average molecular weight is 265 g/mol. The number of carbonyl (C=O) groups is 1. The molecule has 1 heterocycles. The monoisotopic (exact) mass is 265 g/mol. The SMILES string of the molecule is COc1ccc(OC)c(C2(C(=O)O)CCNCC2)c1. The highest BCUT2D eigenvalue weighted by Gasteiger charge is 2.43. The first kappa shape index (κ1) is 13.7. The summed E-state index contributed by atoms with van der Waals surface area (Å²) in [7, 11) is 3.13. The first-order chi connectivity index (χ1) is 9.14.